The van der Waals surface area contributed by atoms with Crippen LogP contribution in [0.5, 0.6) is 0 Å². The Morgan fingerprint density at radius 1 is 1.39 bits per heavy atom. The molecular weight excluding hydrogens is 332 g/mol. The van der Waals surface area contributed by atoms with E-state index in [0.717, 1.165) is 22.1 Å². The van der Waals surface area contributed by atoms with E-state index in [9.17, 15) is 9.59 Å². The fourth-order valence-corrected chi connectivity index (χ4v) is 4.31. The van der Waals surface area contributed by atoms with Crippen LogP contribution >= 0.6 is 22.9 Å². The molecule has 1 fully saturated rings. The maximum Gasteiger partial charge on any atom is 0.228 e. The smallest absolute Gasteiger partial charge is 0.228 e. The molecule has 4 nitrogen and oxygen atoms in total. The van der Waals surface area contributed by atoms with Gasteiger partial charge in [0.1, 0.15) is 0 Å². The lowest BCUT2D eigenvalue weighted by Gasteiger charge is -2.27. The minimum atomic E-state index is -0.210. The minimum absolute atomic E-state index is 0.0822. The van der Waals surface area contributed by atoms with Crippen LogP contribution in [0, 0.1) is 5.92 Å². The molecule has 0 spiro atoms. The third kappa shape index (κ3) is 4.27. The maximum atomic E-state index is 12.8. The molecule has 0 radical (unpaired) electrons. The molecule has 6 heteroatoms. The maximum absolute atomic E-state index is 12.8. The summed E-state index contributed by atoms with van der Waals surface area (Å²) in [5.74, 6) is -0.00964. The largest absolute Gasteiger partial charge is 0.339 e. The van der Waals surface area contributed by atoms with Crippen molar-refractivity contribution in [1.29, 1.82) is 0 Å². The van der Waals surface area contributed by atoms with E-state index in [1.54, 1.807) is 0 Å². The first-order valence-electron chi connectivity index (χ1n) is 8.32. The zero-order valence-corrected chi connectivity index (χ0v) is 15.6. The fraction of sp³-hybridized carbons (Fsp3) is 0.647. The van der Waals surface area contributed by atoms with Crippen LogP contribution in [0.2, 0.25) is 4.34 Å². The van der Waals surface area contributed by atoms with Crippen LogP contribution in [0.1, 0.15) is 44.9 Å². The van der Waals surface area contributed by atoms with Crippen molar-refractivity contribution in [2.75, 3.05) is 13.1 Å². The molecule has 0 saturated carbocycles. The highest BCUT2D eigenvalue weighted by molar-refractivity contribution is 7.16. The molecule has 1 aliphatic rings. The van der Waals surface area contributed by atoms with Gasteiger partial charge < -0.3 is 9.80 Å². The monoisotopic (exact) mass is 356 g/mol. The molecule has 128 valence electrons. The van der Waals surface area contributed by atoms with Gasteiger partial charge in [-0.25, -0.2) is 0 Å². The lowest BCUT2D eigenvalue weighted by molar-refractivity contribution is -0.136. The predicted octanol–water partition coefficient (Wildman–Crippen LogP) is 3.79. The van der Waals surface area contributed by atoms with Crippen LogP contribution in [-0.4, -0.2) is 40.7 Å². The average Bonchev–Trinajstić information content (AvgIpc) is 3.12. The molecule has 1 atom stereocenters. The van der Waals surface area contributed by atoms with E-state index in [1.165, 1.54) is 11.3 Å². The molecule has 23 heavy (non-hydrogen) atoms. The number of thiophene rings is 1. The molecule has 2 heterocycles. The number of rotatable bonds is 7. The highest BCUT2D eigenvalue weighted by atomic mass is 35.5. The number of carbonyl (C=O) groups excluding carboxylic acids is 2. The van der Waals surface area contributed by atoms with E-state index in [1.807, 2.05) is 28.9 Å². The molecule has 0 aromatic carbocycles. The van der Waals surface area contributed by atoms with Gasteiger partial charge in [-0.1, -0.05) is 25.4 Å². The number of halogens is 1. The molecule has 1 unspecified atom stereocenters. The quantitative estimate of drug-likeness (QED) is 0.745. The van der Waals surface area contributed by atoms with Crippen molar-refractivity contribution < 1.29 is 9.59 Å². The van der Waals surface area contributed by atoms with E-state index in [2.05, 4.69) is 13.8 Å². The van der Waals surface area contributed by atoms with E-state index in [-0.39, 0.29) is 23.8 Å². The van der Waals surface area contributed by atoms with Crippen molar-refractivity contribution in [1.82, 2.24) is 9.80 Å². The van der Waals surface area contributed by atoms with Crippen molar-refractivity contribution in [2.24, 2.45) is 5.92 Å². The van der Waals surface area contributed by atoms with Crippen LogP contribution < -0.4 is 0 Å². The Bertz CT molecular complexity index is 557. The Morgan fingerprint density at radius 3 is 2.61 bits per heavy atom. The molecule has 2 amide bonds. The molecule has 2 rings (SSSR count). The molecular formula is C17H25ClN2O2S. The zero-order valence-electron chi connectivity index (χ0n) is 14.0. The van der Waals surface area contributed by atoms with Gasteiger partial charge in [0.25, 0.3) is 0 Å². The van der Waals surface area contributed by atoms with Crippen molar-refractivity contribution >= 4 is 34.8 Å². The van der Waals surface area contributed by atoms with Crippen LogP contribution in [-0.2, 0) is 16.1 Å². The van der Waals surface area contributed by atoms with Crippen LogP contribution in [0.15, 0.2) is 12.1 Å². The summed E-state index contributed by atoms with van der Waals surface area (Å²) in [5.41, 5.74) is 0. The van der Waals surface area contributed by atoms with E-state index >= 15 is 0 Å². The SMILES string of the molecule is CCC(CC)N1CC(C(=O)N(CC)Cc2ccc(Cl)s2)CC1=O. The lowest BCUT2D eigenvalue weighted by atomic mass is 10.1. The third-order valence-corrected chi connectivity index (χ3v) is 5.78. The van der Waals surface area contributed by atoms with Crippen LogP contribution in [0.3, 0.4) is 0 Å². The Labute approximate surface area is 147 Å². The number of nitrogens with zero attached hydrogens (tertiary/aromatic N) is 2. The standard InChI is InChI=1S/C17H25ClN2O2S/c1-4-13(5-2)20-10-12(9-16(20)21)17(22)19(6-3)11-14-7-8-15(18)23-14/h7-8,12-13H,4-6,9-11H2,1-3H3. The lowest BCUT2D eigenvalue weighted by Crippen LogP contribution is -2.39. The van der Waals surface area contributed by atoms with Gasteiger partial charge in [0.15, 0.2) is 0 Å². The molecule has 1 saturated heterocycles. The molecule has 1 aromatic rings. The van der Waals surface area contributed by atoms with Gasteiger partial charge >= 0.3 is 0 Å². The topological polar surface area (TPSA) is 40.6 Å². The second-order valence-electron chi connectivity index (χ2n) is 5.98. The van der Waals surface area contributed by atoms with Crippen molar-refractivity contribution in [3.05, 3.63) is 21.3 Å². The number of carbonyl (C=O) groups is 2. The minimum Gasteiger partial charge on any atom is -0.339 e. The summed E-state index contributed by atoms with van der Waals surface area (Å²) in [6, 6.07) is 4.07. The first kappa shape index (κ1) is 18.3. The summed E-state index contributed by atoms with van der Waals surface area (Å²) in [7, 11) is 0. The highest BCUT2D eigenvalue weighted by Gasteiger charge is 2.38. The van der Waals surface area contributed by atoms with E-state index < -0.39 is 0 Å². The molecule has 1 aromatic heterocycles. The summed E-state index contributed by atoms with van der Waals surface area (Å²) >= 11 is 7.46. The van der Waals surface area contributed by atoms with Crippen molar-refractivity contribution in [3.8, 4) is 0 Å². The Kier molecular flexibility index (Phi) is 6.48. The average molecular weight is 357 g/mol. The van der Waals surface area contributed by atoms with Crippen LogP contribution in [0.4, 0.5) is 0 Å². The fourth-order valence-electron chi connectivity index (χ4n) is 3.21. The summed E-state index contributed by atoms with van der Waals surface area (Å²) in [6.07, 6.45) is 2.22. The number of likely N-dealkylation sites (tertiary alicyclic amines) is 1. The predicted molar refractivity (Wildman–Crippen MR) is 94.6 cm³/mol. The first-order chi connectivity index (χ1) is 11.0. The Balaban J connectivity index is 2.02. The van der Waals surface area contributed by atoms with Gasteiger partial charge in [-0.15, -0.1) is 11.3 Å². The summed E-state index contributed by atoms with van der Waals surface area (Å²) in [6.45, 7) is 7.94. The van der Waals surface area contributed by atoms with Gasteiger partial charge in [-0.2, -0.15) is 0 Å². The highest BCUT2D eigenvalue weighted by Crippen LogP contribution is 2.27. The van der Waals surface area contributed by atoms with E-state index in [0.29, 0.717) is 26.1 Å². The number of hydrogen-bond acceptors (Lipinski definition) is 3. The van der Waals surface area contributed by atoms with Gasteiger partial charge in [-0.3, -0.25) is 9.59 Å². The Morgan fingerprint density at radius 2 is 2.09 bits per heavy atom. The summed E-state index contributed by atoms with van der Waals surface area (Å²) in [5, 5.41) is 0. The first-order valence-corrected chi connectivity index (χ1v) is 9.51. The molecule has 0 bridgehead atoms. The number of amides is 2. The van der Waals surface area contributed by atoms with Gasteiger partial charge in [-0.05, 0) is 31.9 Å². The normalized spacial score (nSPS) is 18.0. The zero-order chi connectivity index (χ0) is 17.0. The van der Waals surface area contributed by atoms with Gasteiger partial charge in [0.2, 0.25) is 11.8 Å². The van der Waals surface area contributed by atoms with Gasteiger partial charge in [0.05, 0.1) is 16.8 Å². The molecule has 1 aliphatic heterocycles. The second kappa shape index (κ2) is 8.15. The van der Waals surface area contributed by atoms with Gasteiger partial charge in [0, 0.05) is 30.4 Å². The molecule has 0 N–H and O–H groups in total. The Hall–Kier alpha value is -1.07. The summed E-state index contributed by atoms with van der Waals surface area (Å²) < 4.78 is 0.736. The third-order valence-electron chi connectivity index (χ3n) is 4.56. The van der Waals surface area contributed by atoms with Crippen molar-refractivity contribution in [2.45, 2.75) is 52.6 Å². The molecule has 0 aliphatic carbocycles. The summed E-state index contributed by atoms with van der Waals surface area (Å²) in [4.78, 5) is 29.9. The van der Waals surface area contributed by atoms with Crippen LogP contribution in [0.25, 0.3) is 0 Å². The second-order valence-corrected chi connectivity index (χ2v) is 7.78. The van der Waals surface area contributed by atoms with E-state index in [4.69, 9.17) is 11.6 Å². The van der Waals surface area contributed by atoms with Crippen molar-refractivity contribution in [3.63, 3.8) is 0 Å². The number of hydrogen-bond donors (Lipinski definition) is 0.